The van der Waals surface area contributed by atoms with Crippen molar-refractivity contribution in [2.45, 2.75) is 19.4 Å². The number of halogens is 1. The van der Waals surface area contributed by atoms with Crippen LogP contribution in [0.15, 0.2) is 48.5 Å². The molecule has 0 aliphatic rings. The number of aromatic carboxylic acids is 1. The Labute approximate surface area is 144 Å². The summed E-state index contributed by atoms with van der Waals surface area (Å²) in [5.41, 5.74) is -0.659. The summed E-state index contributed by atoms with van der Waals surface area (Å²) in [6.07, 6.45) is -1.19. The summed E-state index contributed by atoms with van der Waals surface area (Å²) in [7, 11) is 0. The molecule has 0 radical (unpaired) electrons. The molecule has 1 N–H and O–H groups in total. The van der Waals surface area contributed by atoms with Crippen molar-refractivity contribution < 1.29 is 28.6 Å². The zero-order valence-electron chi connectivity index (χ0n) is 13.6. The van der Waals surface area contributed by atoms with E-state index in [-0.39, 0.29) is 5.56 Å². The monoisotopic (exact) mass is 342 g/mol. The van der Waals surface area contributed by atoms with Crippen LogP contribution >= 0.6 is 0 Å². The highest BCUT2D eigenvalue weighted by atomic mass is 19.1. The second-order valence-electron chi connectivity index (χ2n) is 5.53. The van der Waals surface area contributed by atoms with E-state index in [0.717, 1.165) is 23.8 Å². The molecule has 0 aromatic heterocycles. The molecule has 0 fully saturated rings. The number of rotatable bonds is 3. The van der Waals surface area contributed by atoms with Crippen LogP contribution < -0.4 is 4.74 Å². The summed E-state index contributed by atoms with van der Waals surface area (Å²) in [5.74, 6) is 2.95. The third-order valence-electron chi connectivity index (χ3n) is 2.99. The maximum atomic E-state index is 13.6. The van der Waals surface area contributed by atoms with Gasteiger partial charge >= 0.3 is 12.1 Å². The maximum Gasteiger partial charge on any atom is 0.515 e. The van der Waals surface area contributed by atoms with E-state index >= 15 is 0 Å². The van der Waals surface area contributed by atoms with Crippen molar-refractivity contribution in [3.05, 3.63) is 65.5 Å². The molecule has 25 heavy (non-hydrogen) atoms. The van der Waals surface area contributed by atoms with Gasteiger partial charge in [0.15, 0.2) is 17.2 Å². The lowest BCUT2D eigenvalue weighted by Gasteiger charge is -2.18. The Morgan fingerprint density at radius 1 is 1.12 bits per heavy atom. The largest absolute Gasteiger partial charge is 0.515 e. The number of hydrogen-bond acceptors (Lipinski definition) is 4. The Morgan fingerprint density at radius 3 is 2.44 bits per heavy atom. The molecule has 0 unspecified atom stereocenters. The first-order valence-electron chi connectivity index (χ1n) is 7.29. The van der Waals surface area contributed by atoms with Crippen LogP contribution in [0.1, 0.15) is 29.8 Å². The third-order valence-corrected chi connectivity index (χ3v) is 2.99. The van der Waals surface area contributed by atoms with Crippen LogP contribution in [0.25, 0.3) is 0 Å². The molecule has 0 saturated heterocycles. The summed E-state index contributed by atoms with van der Waals surface area (Å²) in [6.45, 7) is 3.10. The van der Waals surface area contributed by atoms with Crippen LogP contribution in [0.4, 0.5) is 9.18 Å². The molecule has 2 aromatic rings. The average Bonchev–Trinajstić information content (AvgIpc) is 2.55. The van der Waals surface area contributed by atoms with Gasteiger partial charge in [-0.25, -0.2) is 14.0 Å². The fraction of sp³-hybridized carbons (Fsp3) is 0.158. The van der Waals surface area contributed by atoms with Crippen molar-refractivity contribution in [2.24, 2.45) is 0 Å². The molecule has 5 nitrogen and oxygen atoms in total. The van der Waals surface area contributed by atoms with Crippen LogP contribution in [0.3, 0.4) is 0 Å². The Bertz CT molecular complexity index is 847. The minimum atomic E-state index is -1.27. The number of carboxylic acid groups (broad SMARTS) is 1. The molecule has 2 rings (SSSR count). The second kappa shape index (κ2) is 7.49. The van der Waals surface area contributed by atoms with Gasteiger partial charge in [0.1, 0.15) is 0 Å². The molecule has 128 valence electrons. The minimum Gasteiger partial charge on any atom is -0.478 e. The first-order valence-corrected chi connectivity index (χ1v) is 7.29. The van der Waals surface area contributed by atoms with Crippen molar-refractivity contribution in [3.63, 3.8) is 0 Å². The van der Waals surface area contributed by atoms with E-state index in [1.54, 1.807) is 26.0 Å². The van der Waals surface area contributed by atoms with Crippen LogP contribution in [0.5, 0.6) is 5.75 Å². The standard InChI is InChI=1S/C19H15FO5/c1-19(2,11-10-13-6-4-3-5-7-13)25-18(23)24-16-12-14(17(21)22)8-9-15(16)20/h3-9,12H,1-2H3,(H,21,22). The lowest BCUT2D eigenvalue weighted by molar-refractivity contribution is 0.0406. The summed E-state index contributed by atoms with van der Waals surface area (Å²) >= 11 is 0. The molecule has 0 amide bonds. The first-order chi connectivity index (χ1) is 11.8. The van der Waals surface area contributed by atoms with Crippen molar-refractivity contribution in [3.8, 4) is 17.6 Å². The Balaban J connectivity index is 2.08. The van der Waals surface area contributed by atoms with Crippen LogP contribution in [-0.2, 0) is 4.74 Å². The molecule has 2 aromatic carbocycles. The van der Waals surface area contributed by atoms with Gasteiger partial charge < -0.3 is 14.6 Å². The van der Waals surface area contributed by atoms with Gasteiger partial charge in [-0.1, -0.05) is 30.0 Å². The lowest BCUT2D eigenvalue weighted by Crippen LogP contribution is -2.28. The molecule has 0 aliphatic carbocycles. The molecular formula is C19H15FO5. The number of benzene rings is 2. The summed E-state index contributed by atoms with van der Waals surface area (Å²) < 4.78 is 23.5. The Morgan fingerprint density at radius 2 is 1.80 bits per heavy atom. The van der Waals surface area contributed by atoms with Crippen LogP contribution in [0, 0.1) is 17.7 Å². The summed E-state index contributed by atoms with van der Waals surface area (Å²) in [6, 6.07) is 12.0. The third kappa shape index (κ3) is 5.36. The van der Waals surface area contributed by atoms with E-state index in [2.05, 4.69) is 11.8 Å². The number of hydrogen-bond donors (Lipinski definition) is 1. The molecule has 0 heterocycles. The molecule has 0 saturated carbocycles. The summed E-state index contributed by atoms with van der Waals surface area (Å²) in [4.78, 5) is 22.7. The normalized spacial score (nSPS) is 10.4. The van der Waals surface area contributed by atoms with Crippen molar-refractivity contribution in [1.29, 1.82) is 0 Å². The van der Waals surface area contributed by atoms with Gasteiger partial charge in [0.25, 0.3) is 0 Å². The number of carbonyl (C=O) groups is 2. The van der Waals surface area contributed by atoms with E-state index in [4.69, 9.17) is 14.6 Å². The van der Waals surface area contributed by atoms with Gasteiger partial charge in [-0.15, -0.1) is 0 Å². The molecule has 0 atom stereocenters. The topological polar surface area (TPSA) is 72.8 Å². The van der Waals surface area contributed by atoms with Crippen molar-refractivity contribution >= 4 is 12.1 Å². The zero-order chi connectivity index (χ0) is 18.4. The zero-order valence-corrected chi connectivity index (χ0v) is 13.6. The van der Waals surface area contributed by atoms with Gasteiger partial charge in [-0.2, -0.15) is 0 Å². The first kappa shape index (κ1) is 18.0. The fourth-order valence-corrected chi connectivity index (χ4v) is 1.80. The number of ether oxygens (including phenoxy) is 2. The lowest BCUT2D eigenvalue weighted by atomic mass is 10.1. The molecule has 0 aliphatic heterocycles. The highest BCUT2D eigenvalue weighted by molar-refractivity contribution is 5.88. The van der Waals surface area contributed by atoms with Gasteiger partial charge in [0, 0.05) is 5.56 Å². The highest BCUT2D eigenvalue weighted by Crippen LogP contribution is 2.20. The number of carbonyl (C=O) groups excluding carboxylic acids is 1. The van der Waals surface area contributed by atoms with E-state index in [9.17, 15) is 14.0 Å². The van der Waals surface area contributed by atoms with Gasteiger partial charge in [0.05, 0.1) is 5.56 Å². The highest BCUT2D eigenvalue weighted by Gasteiger charge is 2.23. The maximum absolute atomic E-state index is 13.6. The van der Waals surface area contributed by atoms with Gasteiger partial charge in [0.2, 0.25) is 0 Å². The fourth-order valence-electron chi connectivity index (χ4n) is 1.80. The van der Waals surface area contributed by atoms with Crippen molar-refractivity contribution in [1.82, 2.24) is 0 Å². The predicted molar refractivity (Wildman–Crippen MR) is 87.9 cm³/mol. The van der Waals surface area contributed by atoms with E-state index in [0.29, 0.717) is 0 Å². The van der Waals surface area contributed by atoms with E-state index < -0.39 is 29.3 Å². The number of carboxylic acids is 1. The van der Waals surface area contributed by atoms with Gasteiger partial charge in [-0.05, 0) is 44.2 Å². The van der Waals surface area contributed by atoms with Crippen molar-refractivity contribution in [2.75, 3.05) is 0 Å². The minimum absolute atomic E-state index is 0.215. The van der Waals surface area contributed by atoms with Gasteiger partial charge in [-0.3, -0.25) is 0 Å². The molecular weight excluding hydrogens is 327 g/mol. The van der Waals surface area contributed by atoms with E-state index in [1.807, 2.05) is 18.2 Å². The summed E-state index contributed by atoms with van der Waals surface area (Å²) in [5, 5.41) is 8.89. The average molecular weight is 342 g/mol. The smallest absolute Gasteiger partial charge is 0.478 e. The predicted octanol–water partition coefficient (Wildman–Crippen LogP) is 3.87. The second-order valence-corrected chi connectivity index (χ2v) is 5.53. The molecule has 0 bridgehead atoms. The molecule has 6 heteroatoms. The van der Waals surface area contributed by atoms with Crippen LogP contribution in [-0.4, -0.2) is 22.8 Å². The van der Waals surface area contributed by atoms with Crippen LogP contribution in [0.2, 0.25) is 0 Å². The quantitative estimate of drug-likeness (QED) is 0.521. The SMILES string of the molecule is CC(C)(C#Cc1ccccc1)OC(=O)Oc1cc(C(=O)O)ccc1F. The Kier molecular flexibility index (Phi) is 5.40. The van der Waals surface area contributed by atoms with E-state index in [1.165, 1.54) is 0 Å². The Hall–Kier alpha value is -3.33. The molecule has 0 spiro atoms.